The van der Waals surface area contributed by atoms with Gasteiger partial charge in [0, 0.05) is 10.9 Å². The van der Waals surface area contributed by atoms with Gasteiger partial charge in [0.2, 0.25) is 0 Å². The summed E-state index contributed by atoms with van der Waals surface area (Å²) in [5.41, 5.74) is 3.23. The lowest BCUT2D eigenvalue weighted by molar-refractivity contribution is -0.115. The lowest BCUT2D eigenvalue weighted by Gasteiger charge is -1.96. The molecule has 5 heteroatoms. The Balaban J connectivity index is 1.71. The van der Waals surface area contributed by atoms with E-state index >= 15 is 0 Å². The van der Waals surface area contributed by atoms with Crippen molar-refractivity contribution >= 4 is 40.0 Å². The first-order chi connectivity index (χ1) is 12.2. The highest BCUT2D eigenvalue weighted by Gasteiger charge is 2.24. The minimum Gasteiger partial charge on any atom is -0.463 e. The van der Waals surface area contributed by atoms with Crippen LogP contribution >= 0.6 is 11.8 Å². The monoisotopic (exact) mass is 345 g/mol. The maximum absolute atomic E-state index is 11.7. The molecule has 1 saturated heterocycles. The number of imide groups is 1. The molecule has 0 unspecified atom stereocenters. The summed E-state index contributed by atoms with van der Waals surface area (Å²) in [4.78, 5) is 23.3. The summed E-state index contributed by atoms with van der Waals surface area (Å²) in [6.07, 6.45) is 3.31. The van der Waals surface area contributed by atoms with Gasteiger partial charge in [0.05, 0.1) is 10.5 Å². The standard InChI is InChI=1S/C20H11NO3S/c22-19-18(25-20(23)21-19)11-14-7-9-17-16(10-14)15(12-24-17)8-6-13-4-2-1-3-5-13/h1-5,7,9-12H,(H,21,22,23)/b18-11-. The van der Waals surface area contributed by atoms with Gasteiger partial charge in [-0.15, -0.1) is 0 Å². The number of benzene rings is 2. The minimum absolute atomic E-state index is 0.352. The van der Waals surface area contributed by atoms with E-state index in [-0.39, 0.29) is 11.1 Å². The van der Waals surface area contributed by atoms with E-state index in [0.717, 1.165) is 39.4 Å². The van der Waals surface area contributed by atoms with Crippen LogP contribution in [-0.2, 0) is 4.79 Å². The third-order valence-electron chi connectivity index (χ3n) is 3.65. The molecule has 4 nitrogen and oxygen atoms in total. The highest BCUT2D eigenvalue weighted by atomic mass is 32.2. The quantitative estimate of drug-likeness (QED) is 0.531. The molecule has 2 aromatic carbocycles. The van der Waals surface area contributed by atoms with E-state index in [1.165, 1.54) is 0 Å². The molecule has 1 N–H and O–H groups in total. The molecular formula is C20H11NO3S. The van der Waals surface area contributed by atoms with Crippen LogP contribution in [0.25, 0.3) is 17.0 Å². The van der Waals surface area contributed by atoms with Crippen molar-refractivity contribution in [1.82, 2.24) is 5.32 Å². The number of hydrogen-bond acceptors (Lipinski definition) is 4. The highest BCUT2D eigenvalue weighted by Crippen LogP contribution is 2.28. The fourth-order valence-electron chi connectivity index (χ4n) is 2.47. The van der Waals surface area contributed by atoms with Crippen LogP contribution < -0.4 is 5.32 Å². The molecule has 2 heterocycles. The molecule has 1 aromatic heterocycles. The van der Waals surface area contributed by atoms with Gasteiger partial charge in [0.1, 0.15) is 11.8 Å². The van der Waals surface area contributed by atoms with Crippen molar-refractivity contribution in [3.8, 4) is 11.8 Å². The van der Waals surface area contributed by atoms with E-state index in [0.29, 0.717) is 4.91 Å². The molecule has 0 aliphatic carbocycles. The second-order valence-corrected chi connectivity index (χ2v) is 6.39. The first kappa shape index (κ1) is 15.3. The number of amides is 2. The fourth-order valence-corrected chi connectivity index (χ4v) is 3.15. The smallest absolute Gasteiger partial charge is 0.290 e. The SMILES string of the molecule is O=C1NC(=O)/C(=C/c2ccc3occ(C#Cc4ccccc4)c3c2)S1. The molecular weight excluding hydrogens is 334 g/mol. The lowest BCUT2D eigenvalue weighted by Crippen LogP contribution is -2.17. The second-order valence-electron chi connectivity index (χ2n) is 5.37. The number of hydrogen-bond donors (Lipinski definition) is 1. The average molecular weight is 345 g/mol. The summed E-state index contributed by atoms with van der Waals surface area (Å²) in [6, 6.07) is 15.3. The van der Waals surface area contributed by atoms with Gasteiger partial charge in [-0.3, -0.25) is 14.9 Å². The Labute approximate surface area is 147 Å². The molecule has 0 atom stereocenters. The zero-order valence-electron chi connectivity index (χ0n) is 12.9. The van der Waals surface area contributed by atoms with Crippen LogP contribution in [0.4, 0.5) is 4.79 Å². The zero-order valence-corrected chi connectivity index (χ0v) is 13.7. The number of fused-ring (bicyclic) bond motifs is 1. The predicted octanol–water partition coefficient (Wildman–Crippen LogP) is 4.16. The van der Waals surface area contributed by atoms with Gasteiger partial charge < -0.3 is 4.42 Å². The van der Waals surface area contributed by atoms with Crippen molar-refractivity contribution in [3.63, 3.8) is 0 Å². The topological polar surface area (TPSA) is 59.3 Å². The zero-order chi connectivity index (χ0) is 17.2. The molecule has 0 spiro atoms. The Morgan fingerprint density at radius 3 is 2.64 bits per heavy atom. The maximum atomic E-state index is 11.7. The Morgan fingerprint density at radius 1 is 1.04 bits per heavy atom. The molecule has 25 heavy (non-hydrogen) atoms. The molecule has 1 aliphatic rings. The Morgan fingerprint density at radius 2 is 1.88 bits per heavy atom. The maximum Gasteiger partial charge on any atom is 0.290 e. The first-order valence-electron chi connectivity index (χ1n) is 7.52. The van der Waals surface area contributed by atoms with Gasteiger partial charge in [-0.1, -0.05) is 36.1 Å². The van der Waals surface area contributed by atoms with Crippen molar-refractivity contribution in [2.24, 2.45) is 0 Å². The lowest BCUT2D eigenvalue weighted by atomic mass is 10.1. The van der Waals surface area contributed by atoms with Crippen molar-refractivity contribution in [2.45, 2.75) is 0 Å². The van der Waals surface area contributed by atoms with Crippen LogP contribution in [0.2, 0.25) is 0 Å². The van der Waals surface area contributed by atoms with Crippen molar-refractivity contribution in [1.29, 1.82) is 0 Å². The van der Waals surface area contributed by atoms with Gasteiger partial charge in [-0.25, -0.2) is 0 Å². The van der Waals surface area contributed by atoms with E-state index in [2.05, 4.69) is 17.2 Å². The number of nitrogens with one attached hydrogen (secondary N) is 1. The molecule has 0 saturated carbocycles. The van der Waals surface area contributed by atoms with E-state index in [4.69, 9.17) is 4.42 Å². The van der Waals surface area contributed by atoms with Crippen LogP contribution in [0.5, 0.6) is 0 Å². The summed E-state index contributed by atoms with van der Waals surface area (Å²) in [5.74, 6) is 5.85. The van der Waals surface area contributed by atoms with E-state index in [9.17, 15) is 9.59 Å². The Kier molecular flexibility index (Phi) is 3.88. The fraction of sp³-hybridized carbons (Fsp3) is 0. The molecule has 120 valence electrons. The number of furan rings is 1. The predicted molar refractivity (Wildman–Crippen MR) is 97.7 cm³/mol. The van der Waals surface area contributed by atoms with Crippen LogP contribution in [-0.4, -0.2) is 11.1 Å². The minimum atomic E-state index is -0.369. The number of rotatable bonds is 1. The van der Waals surface area contributed by atoms with Gasteiger partial charge in [0.25, 0.3) is 11.1 Å². The highest BCUT2D eigenvalue weighted by molar-refractivity contribution is 8.18. The molecule has 0 radical (unpaired) electrons. The molecule has 3 aromatic rings. The van der Waals surface area contributed by atoms with Gasteiger partial charge >= 0.3 is 0 Å². The van der Waals surface area contributed by atoms with E-state index in [1.54, 1.807) is 12.3 Å². The number of carbonyl (C=O) groups excluding carboxylic acids is 2. The van der Waals surface area contributed by atoms with Crippen LogP contribution in [0.3, 0.4) is 0 Å². The van der Waals surface area contributed by atoms with Crippen LogP contribution in [0.1, 0.15) is 16.7 Å². The normalized spacial score (nSPS) is 15.3. The second kappa shape index (κ2) is 6.34. The largest absolute Gasteiger partial charge is 0.463 e. The number of carbonyl (C=O) groups is 2. The third-order valence-corrected chi connectivity index (χ3v) is 4.46. The number of thioether (sulfide) groups is 1. The first-order valence-corrected chi connectivity index (χ1v) is 8.34. The van der Waals surface area contributed by atoms with Crippen molar-refractivity contribution in [2.75, 3.05) is 0 Å². The Bertz CT molecular complexity index is 1080. The summed E-state index contributed by atoms with van der Waals surface area (Å²) in [5, 5.41) is 2.76. The summed E-state index contributed by atoms with van der Waals surface area (Å²) >= 11 is 0.898. The summed E-state index contributed by atoms with van der Waals surface area (Å²) < 4.78 is 5.54. The van der Waals surface area contributed by atoms with Crippen LogP contribution in [0, 0.1) is 11.8 Å². The Hall–Kier alpha value is -3.23. The van der Waals surface area contributed by atoms with Crippen molar-refractivity contribution < 1.29 is 14.0 Å². The van der Waals surface area contributed by atoms with Gasteiger partial charge in [-0.2, -0.15) is 0 Å². The van der Waals surface area contributed by atoms with Crippen molar-refractivity contribution in [3.05, 3.63) is 76.4 Å². The summed E-state index contributed by atoms with van der Waals surface area (Å²) in [6.45, 7) is 0. The average Bonchev–Trinajstić information content (AvgIpc) is 3.16. The molecule has 1 aliphatic heterocycles. The molecule has 4 rings (SSSR count). The van der Waals surface area contributed by atoms with Gasteiger partial charge in [0.15, 0.2) is 0 Å². The molecule has 0 bridgehead atoms. The van der Waals surface area contributed by atoms with Crippen LogP contribution in [0.15, 0.2) is 64.1 Å². The third kappa shape index (κ3) is 3.21. The van der Waals surface area contributed by atoms with E-state index < -0.39 is 0 Å². The summed E-state index contributed by atoms with van der Waals surface area (Å²) in [7, 11) is 0. The molecule has 1 fully saturated rings. The van der Waals surface area contributed by atoms with Gasteiger partial charge in [-0.05, 0) is 47.7 Å². The van der Waals surface area contributed by atoms with E-state index in [1.807, 2.05) is 48.5 Å². The molecule has 2 amide bonds.